The highest BCUT2D eigenvalue weighted by molar-refractivity contribution is 7.92. The predicted molar refractivity (Wildman–Crippen MR) is 112 cm³/mol. The van der Waals surface area contributed by atoms with Crippen molar-refractivity contribution in [1.82, 2.24) is 0 Å². The number of halogens is 1. The minimum absolute atomic E-state index is 0.162. The maximum atomic E-state index is 13.0. The third kappa shape index (κ3) is 6.35. The Bertz CT molecular complexity index is 858. The van der Waals surface area contributed by atoms with Crippen LogP contribution in [0.25, 0.3) is 0 Å². The number of carbonyl (C=O) groups excluding carboxylic acids is 1. The van der Waals surface area contributed by atoms with Gasteiger partial charge in [0.2, 0.25) is 0 Å². The molecule has 2 aromatic rings. The largest absolute Gasteiger partial charge is 0.465 e. The maximum absolute atomic E-state index is 13.0. The van der Waals surface area contributed by atoms with Gasteiger partial charge in [-0.15, -0.1) is 0 Å². The topological polar surface area (TPSA) is 60.4 Å². The molecule has 0 N–H and O–H groups in total. The van der Waals surface area contributed by atoms with Crippen LogP contribution >= 0.6 is 11.6 Å². The average molecular weight is 423 g/mol. The van der Waals surface area contributed by atoms with Gasteiger partial charge < -0.3 is 4.74 Å². The van der Waals surface area contributed by atoms with E-state index in [1.165, 1.54) is 5.56 Å². The van der Waals surface area contributed by atoms with Gasteiger partial charge >= 0.3 is 5.97 Å². The van der Waals surface area contributed by atoms with Crippen molar-refractivity contribution in [3.8, 4) is 0 Å². The number of hydrogen-bond acceptors (Lipinski definition) is 4. The lowest BCUT2D eigenvalue weighted by Gasteiger charge is -2.16. The molecule has 0 aliphatic carbocycles. The summed E-state index contributed by atoms with van der Waals surface area (Å²) in [5, 5.41) is -0.451. The fourth-order valence-corrected chi connectivity index (χ4v) is 4.78. The van der Waals surface area contributed by atoms with E-state index < -0.39 is 21.1 Å². The lowest BCUT2D eigenvalue weighted by molar-refractivity contribution is -0.142. The number of aryl methyl sites for hydroxylation is 2. The second kappa shape index (κ2) is 10.6. The zero-order valence-corrected chi connectivity index (χ0v) is 17.9. The van der Waals surface area contributed by atoms with Gasteiger partial charge in [-0.1, -0.05) is 54.3 Å². The molecule has 0 spiro atoms. The molecule has 6 heteroatoms. The zero-order valence-electron chi connectivity index (χ0n) is 16.4. The number of rotatable bonds is 10. The maximum Gasteiger partial charge on any atom is 0.324 e. The van der Waals surface area contributed by atoms with Crippen LogP contribution in [-0.4, -0.2) is 26.2 Å². The van der Waals surface area contributed by atoms with Crippen molar-refractivity contribution in [2.45, 2.75) is 56.1 Å². The standard InChI is InChI=1S/C22H27ClO4S/c1-3-27-22(24)21(28(25,26)20-15-9-17(2)10-16-20)8-6-4-5-7-18-11-13-19(23)14-12-18/h9-16,21H,3-8H2,1-2H3. The lowest BCUT2D eigenvalue weighted by atomic mass is 10.1. The number of hydrogen-bond donors (Lipinski definition) is 0. The number of benzene rings is 2. The molecular formula is C22H27ClO4S. The van der Waals surface area contributed by atoms with Crippen LogP contribution in [-0.2, 0) is 25.8 Å². The zero-order chi connectivity index (χ0) is 20.6. The Morgan fingerprint density at radius 1 is 1.00 bits per heavy atom. The average Bonchev–Trinajstić information content (AvgIpc) is 2.66. The molecule has 0 saturated heterocycles. The highest BCUT2D eigenvalue weighted by Crippen LogP contribution is 2.23. The SMILES string of the molecule is CCOC(=O)C(CCCCCc1ccc(Cl)cc1)S(=O)(=O)c1ccc(C)cc1. The van der Waals surface area contributed by atoms with E-state index in [-0.39, 0.29) is 17.9 Å². The molecule has 0 fully saturated rings. The molecule has 0 amide bonds. The number of unbranched alkanes of at least 4 members (excludes halogenated alkanes) is 2. The summed E-state index contributed by atoms with van der Waals surface area (Å²) in [6.07, 6.45) is 3.55. The van der Waals surface area contributed by atoms with E-state index in [1.54, 1.807) is 31.2 Å². The Kier molecular flexibility index (Phi) is 8.52. The van der Waals surface area contributed by atoms with E-state index in [9.17, 15) is 13.2 Å². The van der Waals surface area contributed by atoms with Gasteiger partial charge in [0.15, 0.2) is 15.1 Å². The predicted octanol–water partition coefficient (Wildman–Crippen LogP) is 5.16. The Morgan fingerprint density at radius 3 is 2.25 bits per heavy atom. The minimum Gasteiger partial charge on any atom is -0.465 e. The lowest BCUT2D eigenvalue weighted by Crippen LogP contribution is -2.32. The first-order valence-electron chi connectivity index (χ1n) is 9.56. The van der Waals surface area contributed by atoms with E-state index in [2.05, 4.69) is 0 Å². The van der Waals surface area contributed by atoms with Gasteiger partial charge in [0.05, 0.1) is 11.5 Å². The van der Waals surface area contributed by atoms with Crippen molar-refractivity contribution >= 4 is 27.4 Å². The third-order valence-corrected chi connectivity index (χ3v) is 6.98. The van der Waals surface area contributed by atoms with Crippen LogP contribution in [0.3, 0.4) is 0 Å². The number of sulfone groups is 1. The highest BCUT2D eigenvalue weighted by Gasteiger charge is 2.34. The molecular weight excluding hydrogens is 396 g/mol. The van der Waals surface area contributed by atoms with Crippen LogP contribution in [0.2, 0.25) is 5.02 Å². The fraction of sp³-hybridized carbons (Fsp3) is 0.409. The summed E-state index contributed by atoms with van der Waals surface area (Å²) < 4.78 is 31.0. The molecule has 0 heterocycles. The molecule has 1 unspecified atom stereocenters. The third-order valence-electron chi connectivity index (χ3n) is 4.62. The van der Waals surface area contributed by atoms with Gasteiger partial charge in [0, 0.05) is 5.02 Å². The molecule has 0 bridgehead atoms. The van der Waals surface area contributed by atoms with E-state index >= 15 is 0 Å². The Hall–Kier alpha value is -1.85. The minimum atomic E-state index is -3.77. The van der Waals surface area contributed by atoms with Crippen molar-refractivity contribution in [3.05, 3.63) is 64.7 Å². The summed E-state index contributed by atoms with van der Waals surface area (Å²) in [6.45, 7) is 3.73. The van der Waals surface area contributed by atoms with E-state index in [0.717, 1.165) is 24.8 Å². The molecule has 0 aliphatic heterocycles. The molecule has 2 aromatic carbocycles. The summed E-state index contributed by atoms with van der Waals surface area (Å²) in [5.74, 6) is -0.666. The van der Waals surface area contributed by atoms with Crippen LogP contribution in [0, 0.1) is 6.92 Å². The van der Waals surface area contributed by atoms with E-state index in [1.807, 2.05) is 31.2 Å². The van der Waals surface area contributed by atoms with Gasteiger partial charge in [-0.3, -0.25) is 4.79 Å². The van der Waals surface area contributed by atoms with Crippen LogP contribution < -0.4 is 0 Å². The molecule has 4 nitrogen and oxygen atoms in total. The smallest absolute Gasteiger partial charge is 0.324 e. The molecule has 152 valence electrons. The molecule has 28 heavy (non-hydrogen) atoms. The number of ether oxygens (including phenoxy) is 1. The van der Waals surface area contributed by atoms with Crippen molar-refractivity contribution in [3.63, 3.8) is 0 Å². The molecule has 2 rings (SSSR count). The van der Waals surface area contributed by atoms with Crippen molar-refractivity contribution in [1.29, 1.82) is 0 Å². The highest BCUT2D eigenvalue weighted by atomic mass is 35.5. The summed E-state index contributed by atoms with van der Waals surface area (Å²) in [4.78, 5) is 12.5. The Morgan fingerprint density at radius 2 is 1.64 bits per heavy atom. The first-order valence-corrected chi connectivity index (χ1v) is 11.5. The second-order valence-electron chi connectivity index (χ2n) is 6.82. The van der Waals surface area contributed by atoms with E-state index in [4.69, 9.17) is 16.3 Å². The summed E-state index contributed by atoms with van der Waals surface area (Å²) >= 11 is 5.89. The van der Waals surface area contributed by atoms with Crippen LogP contribution in [0.1, 0.15) is 43.7 Å². The molecule has 0 aromatic heterocycles. The van der Waals surface area contributed by atoms with E-state index in [0.29, 0.717) is 11.4 Å². The van der Waals surface area contributed by atoms with Crippen LogP contribution in [0.5, 0.6) is 0 Å². The van der Waals surface area contributed by atoms with Gasteiger partial charge in [-0.05, 0) is 62.9 Å². The molecule has 0 aliphatic rings. The number of carbonyl (C=O) groups is 1. The van der Waals surface area contributed by atoms with Gasteiger partial charge in [-0.2, -0.15) is 0 Å². The normalized spacial score (nSPS) is 12.5. The summed E-state index contributed by atoms with van der Waals surface area (Å²) in [6, 6.07) is 14.3. The summed E-state index contributed by atoms with van der Waals surface area (Å²) in [5.41, 5.74) is 2.16. The molecule has 0 saturated carbocycles. The van der Waals surface area contributed by atoms with Crippen molar-refractivity contribution < 1.29 is 17.9 Å². The first-order chi connectivity index (χ1) is 13.3. The van der Waals surface area contributed by atoms with Crippen LogP contribution in [0.4, 0.5) is 0 Å². The Labute approximate surface area is 172 Å². The van der Waals surface area contributed by atoms with Gasteiger partial charge in [0.25, 0.3) is 0 Å². The number of esters is 1. The quantitative estimate of drug-likeness (QED) is 0.392. The Balaban J connectivity index is 1.97. The van der Waals surface area contributed by atoms with Crippen molar-refractivity contribution in [2.75, 3.05) is 6.61 Å². The summed E-state index contributed by atoms with van der Waals surface area (Å²) in [7, 11) is -3.77. The second-order valence-corrected chi connectivity index (χ2v) is 9.39. The molecule has 1 atom stereocenters. The fourth-order valence-electron chi connectivity index (χ4n) is 3.01. The van der Waals surface area contributed by atoms with Crippen LogP contribution in [0.15, 0.2) is 53.4 Å². The monoisotopic (exact) mass is 422 g/mol. The van der Waals surface area contributed by atoms with Crippen molar-refractivity contribution in [2.24, 2.45) is 0 Å². The molecule has 0 radical (unpaired) electrons. The van der Waals surface area contributed by atoms with Gasteiger partial charge in [0.1, 0.15) is 0 Å². The van der Waals surface area contributed by atoms with Gasteiger partial charge in [-0.25, -0.2) is 8.42 Å². The first kappa shape index (κ1) is 22.4.